The fraction of sp³-hybridized carbons (Fsp3) is 0.381. The molecular weight excluding hydrogens is 300 g/mol. The largest absolute Gasteiger partial charge is 0.497 e. The van der Waals surface area contributed by atoms with Gasteiger partial charge in [-0.2, -0.15) is 0 Å². The van der Waals surface area contributed by atoms with Gasteiger partial charge in [-0.3, -0.25) is 4.79 Å². The summed E-state index contributed by atoms with van der Waals surface area (Å²) in [5, 5.41) is 0. The van der Waals surface area contributed by atoms with Gasteiger partial charge in [0.2, 0.25) is 0 Å². The third kappa shape index (κ3) is 6.07. The number of benzene rings is 2. The van der Waals surface area contributed by atoms with Crippen LogP contribution < -0.4 is 9.47 Å². The van der Waals surface area contributed by atoms with Crippen molar-refractivity contribution in [1.29, 1.82) is 0 Å². The highest BCUT2D eigenvalue weighted by molar-refractivity contribution is 5.78. The Bertz CT molecular complexity index is 594. The smallest absolute Gasteiger partial charge is 0.132 e. The van der Waals surface area contributed by atoms with Crippen LogP contribution in [0.25, 0.3) is 0 Å². The Hall–Kier alpha value is -2.29. The van der Waals surface area contributed by atoms with Crippen LogP contribution >= 0.6 is 0 Å². The molecule has 0 atom stereocenters. The zero-order valence-electron chi connectivity index (χ0n) is 14.6. The highest BCUT2D eigenvalue weighted by Gasteiger charge is 2.04. The summed E-state index contributed by atoms with van der Waals surface area (Å²) in [6.45, 7) is 0. The van der Waals surface area contributed by atoms with Gasteiger partial charge in [-0.1, -0.05) is 24.3 Å². The second-order valence-electron chi connectivity index (χ2n) is 5.95. The van der Waals surface area contributed by atoms with Gasteiger partial charge in [0.1, 0.15) is 17.3 Å². The SMILES string of the molecule is COc1cccc(CCCC(=O)CCCc2cccc(OC)c2)c1. The first-order valence-electron chi connectivity index (χ1n) is 8.49. The normalized spacial score (nSPS) is 10.4. The van der Waals surface area contributed by atoms with Crippen molar-refractivity contribution in [3.63, 3.8) is 0 Å². The van der Waals surface area contributed by atoms with E-state index in [1.807, 2.05) is 36.4 Å². The molecule has 128 valence electrons. The average Bonchev–Trinajstić information content (AvgIpc) is 2.62. The molecule has 3 heteroatoms. The van der Waals surface area contributed by atoms with Gasteiger partial charge in [0.25, 0.3) is 0 Å². The van der Waals surface area contributed by atoms with E-state index < -0.39 is 0 Å². The lowest BCUT2D eigenvalue weighted by molar-refractivity contribution is -0.119. The van der Waals surface area contributed by atoms with Gasteiger partial charge in [-0.05, 0) is 61.1 Å². The molecule has 0 heterocycles. The van der Waals surface area contributed by atoms with E-state index in [4.69, 9.17) is 9.47 Å². The van der Waals surface area contributed by atoms with Gasteiger partial charge in [-0.15, -0.1) is 0 Å². The first kappa shape index (κ1) is 18.1. The number of carbonyl (C=O) groups excluding carboxylic acids is 1. The molecule has 0 amide bonds. The number of hydrogen-bond donors (Lipinski definition) is 0. The van der Waals surface area contributed by atoms with Crippen molar-refractivity contribution in [3.05, 3.63) is 59.7 Å². The number of aryl methyl sites for hydroxylation is 2. The number of ether oxygens (including phenoxy) is 2. The lowest BCUT2D eigenvalue weighted by Gasteiger charge is -2.05. The van der Waals surface area contributed by atoms with Gasteiger partial charge < -0.3 is 9.47 Å². The lowest BCUT2D eigenvalue weighted by Crippen LogP contribution is -2.00. The zero-order chi connectivity index (χ0) is 17.2. The maximum absolute atomic E-state index is 12.0. The summed E-state index contributed by atoms with van der Waals surface area (Å²) in [6, 6.07) is 16.1. The van der Waals surface area contributed by atoms with Crippen molar-refractivity contribution < 1.29 is 14.3 Å². The van der Waals surface area contributed by atoms with Crippen LogP contribution in [0.4, 0.5) is 0 Å². The summed E-state index contributed by atoms with van der Waals surface area (Å²) in [4.78, 5) is 12.0. The number of hydrogen-bond acceptors (Lipinski definition) is 3. The van der Waals surface area contributed by atoms with E-state index >= 15 is 0 Å². The topological polar surface area (TPSA) is 35.5 Å². The van der Waals surface area contributed by atoms with Crippen LogP contribution in [0.15, 0.2) is 48.5 Å². The summed E-state index contributed by atoms with van der Waals surface area (Å²) < 4.78 is 10.4. The number of carbonyl (C=O) groups is 1. The molecule has 0 radical (unpaired) electrons. The van der Waals surface area contributed by atoms with E-state index in [1.54, 1.807) is 14.2 Å². The van der Waals surface area contributed by atoms with E-state index in [0.29, 0.717) is 18.6 Å². The Morgan fingerprint density at radius 2 is 1.25 bits per heavy atom. The van der Waals surface area contributed by atoms with Gasteiger partial charge in [0, 0.05) is 12.8 Å². The lowest BCUT2D eigenvalue weighted by atomic mass is 10.0. The van der Waals surface area contributed by atoms with Crippen molar-refractivity contribution in [2.45, 2.75) is 38.5 Å². The summed E-state index contributed by atoms with van der Waals surface area (Å²) in [7, 11) is 3.34. The minimum Gasteiger partial charge on any atom is -0.497 e. The average molecular weight is 326 g/mol. The highest BCUT2D eigenvalue weighted by Crippen LogP contribution is 2.16. The maximum atomic E-state index is 12.0. The maximum Gasteiger partial charge on any atom is 0.132 e. The van der Waals surface area contributed by atoms with Crippen LogP contribution in [-0.2, 0) is 17.6 Å². The minimum absolute atomic E-state index is 0.348. The molecule has 0 saturated heterocycles. The highest BCUT2D eigenvalue weighted by atomic mass is 16.5. The molecule has 0 aliphatic carbocycles. The van der Waals surface area contributed by atoms with Gasteiger partial charge in [0.05, 0.1) is 14.2 Å². The summed E-state index contributed by atoms with van der Waals surface area (Å²) >= 11 is 0. The molecule has 0 aliphatic heterocycles. The molecule has 2 rings (SSSR count). The van der Waals surface area contributed by atoms with Crippen LogP contribution in [0.3, 0.4) is 0 Å². The van der Waals surface area contributed by atoms with Crippen molar-refractivity contribution in [1.82, 2.24) is 0 Å². The van der Waals surface area contributed by atoms with E-state index in [0.717, 1.165) is 37.2 Å². The molecular formula is C21H26O3. The fourth-order valence-corrected chi connectivity index (χ4v) is 2.76. The monoisotopic (exact) mass is 326 g/mol. The van der Waals surface area contributed by atoms with Crippen LogP contribution in [-0.4, -0.2) is 20.0 Å². The third-order valence-electron chi connectivity index (χ3n) is 4.11. The molecule has 0 N–H and O–H groups in total. The van der Waals surface area contributed by atoms with E-state index in [9.17, 15) is 4.79 Å². The van der Waals surface area contributed by atoms with Gasteiger partial charge >= 0.3 is 0 Å². The molecule has 0 spiro atoms. The van der Waals surface area contributed by atoms with Crippen molar-refractivity contribution in [2.75, 3.05) is 14.2 Å². The van der Waals surface area contributed by atoms with E-state index in [2.05, 4.69) is 12.1 Å². The standard InChI is InChI=1S/C21H26O3/c1-23-20-13-5-9-17(15-20)7-3-11-19(22)12-4-8-18-10-6-14-21(16-18)24-2/h5-6,9-10,13-16H,3-4,7-8,11-12H2,1-2H3. The Balaban J connectivity index is 1.66. The molecule has 2 aromatic rings. The molecule has 0 aliphatic rings. The van der Waals surface area contributed by atoms with Crippen LogP contribution in [0.2, 0.25) is 0 Å². The molecule has 2 aromatic carbocycles. The number of Topliss-reactive ketones (excluding diaryl/α,β-unsaturated/α-hetero) is 1. The molecule has 0 saturated carbocycles. The number of methoxy groups -OCH3 is 2. The Morgan fingerprint density at radius 1 is 0.792 bits per heavy atom. The Labute approximate surface area is 144 Å². The van der Waals surface area contributed by atoms with Crippen molar-refractivity contribution >= 4 is 5.78 Å². The van der Waals surface area contributed by atoms with Crippen molar-refractivity contribution in [2.24, 2.45) is 0 Å². The molecule has 3 nitrogen and oxygen atoms in total. The van der Waals surface area contributed by atoms with Gasteiger partial charge in [-0.25, -0.2) is 0 Å². The first-order chi connectivity index (χ1) is 11.7. The van der Waals surface area contributed by atoms with Crippen LogP contribution in [0.1, 0.15) is 36.8 Å². The quantitative estimate of drug-likeness (QED) is 0.639. The van der Waals surface area contributed by atoms with E-state index in [1.165, 1.54) is 11.1 Å². The third-order valence-corrected chi connectivity index (χ3v) is 4.11. The van der Waals surface area contributed by atoms with Crippen LogP contribution in [0.5, 0.6) is 11.5 Å². The second kappa shape index (κ2) is 9.76. The van der Waals surface area contributed by atoms with Crippen LogP contribution in [0, 0.1) is 0 Å². The molecule has 0 unspecified atom stereocenters. The second-order valence-corrected chi connectivity index (χ2v) is 5.95. The molecule has 0 bridgehead atoms. The summed E-state index contributed by atoms with van der Waals surface area (Å²) in [6.07, 6.45) is 4.92. The van der Waals surface area contributed by atoms with Crippen molar-refractivity contribution in [3.8, 4) is 11.5 Å². The fourth-order valence-electron chi connectivity index (χ4n) is 2.76. The summed E-state index contributed by atoms with van der Waals surface area (Å²) in [5.41, 5.74) is 2.44. The van der Waals surface area contributed by atoms with Gasteiger partial charge in [0.15, 0.2) is 0 Å². The number of ketones is 1. The summed E-state index contributed by atoms with van der Waals surface area (Å²) in [5.74, 6) is 2.09. The van der Waals surface area contributed by atoms with E-state index in [-0.39, 0.29) is 0 Å². The zero-order valence-corrected chi connectivity index (χ0v) is 14.6. The number of rotatable bonds is 10. The molecule has 24 heavy (non-hydrogen) atoms. The molecule has 0 aromatic heterocycles. The Kier molecular flexibility index (Phi) is 7.34. The Morgan fingerprint density at radius 3 is 1.67 bits per heavy atom. The predicted octanol–water partition coefficient (Wildman–Crippen LogP) is 4.62. The minimum atomic E-state index is 0.348. The first-order valence-corrected chi connectivity index (χ1v) is 8.49. The predicted molar refractivity (Wildman–Crippen MR) is 96.9 cm³/mol. The molecule has 0 fully saturated rings.